The largest absolute Gasteiger partial charge is 0.135 e. The molecule has 0 aliphatic carbocycles. The lowest BCUT2D eigenvalue weighted by Crippen LogP contribution is -1.74. The van der Waals surface area contributed by atoms with Crippen molar-refractivity contribution in [3.63, 3.8) is 0 Å². The maximum Gasteiger partial charge on any atom is 0.0361 e. The van der Waals surface area contributed by atoms with Crippen molar-refractivity contribution in [2.45, 2.75) is 6.92 Å². The first-order valence-corrected chi connectivity index (χ1v) is 6.85. The summed E-state index contributed by atoms with van der Waals surface area (Å²) in [4.78, 5) is 1.25. The highest BCUT2D eigenvalue weighted by Crippen LogP contribution is 2.35. The fourth-order valence-electron chi connectivity index (χ4n) is 2.31. The minimum Gasteiger partial charge on any atom is -0.135 e. The molecule has 0 saturated carbocycles. The summed E-state index contributed by atoms with van der Waals surface area (Å²) < 4.78 is 1.33. The van der Waals surface area contributed by atoms with Gasteiger partial charge in [0, 0.05) is 15.0 Å². The highest BCUT2D eigenvalue weighted by molar-refractivity contribution is 7.20. The summed E-state index contributed by atoms with van der Waals surface area (Å²) in [5.74, 6) is 0. The van der Waals surface area contributed by atoms with Gasteiger partial charge in [-0.05, 0) is 35.4 Å². The lowest BCUT2D eigenvalue weighted by Gasteiger charge is -1.99. The van der Waals surface area contributed by atoms with Crippen LogP contribution in [-0.4, -0.2) is 0 Å². The smallest absolute Gasteiger partial charge is 0.0361 e. The summed E-state index contributed by atoms with van der Waals surface area (Å²) >= 11 is 1.81. The topological polar surface area (TPSA) is 0 Å². The number of rotatable bonds is 2. The summed E-state index contributed by atoms with van der Waals surface area (Å²) in [7, 11) is 0. The molecule has 0 aliphatic rings. The van der Waals surface area contributed by atoms with Gasteiger partial charge < -0.3 is 0 Å². The Hall–Kier alpha value is -1.86. The summed E-state index contributed by atoms with van der Waals surface area (Å²) in [6, 6.07) is 13.1. The molecular formula is C17H14S. The van der Waals surface area contributed by atoms with Crippen LogP contribution in [0.5, 0.6) is 0 Å². The van der Waals surface area contributed by atoms with Crippen molar-refractivity contribution in [1.82, 2.24) is 0 Å². The van der Waals surface area contributed by atoms with Crippen LogP contribution in [0.2, 0.25) is 0 Å². The van der Waals surface area contributed by atoms with Crippen LogP contribution in [0.3, 0.4) is 0 Å². The number of hydrogen-bond acceptors (Lipinski definition) is 1. The summed E-state index contributed by atoms with van der Waals surface area (Å²) in [6.45, 7) is 5.97. The predicted molar refractivity (Wildman–Crippen MR) is 84.1 cm³/mol. The molecule has 1 heterocycles. The Kier molecular flexibility index (Phi) is 2.77. The number of fused-ring (bicyclic) bond motifs is 2. The van der Waals surface area contributed by atoms with Crippen molar-refractivity contribution in [2.75, 3.05) is 0 Å². The van der Waals surface area contributed by atoms with Crippen molar-refractivity contribution in [2.24, 2.45) is 0 Å². The Bertz CT molecular complexity index is 760. The maximum atomic E-state index is 3.92. The molecule has 18 heavy (non-hydrogen) atoms. The van der Waals surface area contributed by atoms with Gasteiger partial charge in [-0.2, -0.15) is 0 Å². The summed E-state index contributed by atoms with van der Waals surface area (Å²) in [5, 5.41) is 3.92. The number of hydrogen-bond donors (Lipinski definition) is 0. The van der Waals surface area contributed by atoms with E-state index in [2.05, 4.69) is 62.1 Å². The minimum atomic E-state index is 1.25. The van der Waals surface area contributed by atoms with Crippen molar-refractivity contribution in [3.8, 4) is 0 Å². The van der Waals surface area contributed by atoms with E-state index in [-0.39, 0.29) is 0 Å². The Morgan fingerprint density at radius 3 is 2.50 bits per heavy atom. The van der Waals surface area contributed by atoms with Gasteiger partial charge in [-0.25, -0.2) is 0 Å². The van der Waals surface area contributed by atoms with Gasteiger partial charge in [-0.1, -0.05) is 49.1 Å². The molecule has 0 radical (unpaired) electrons. The lowest BCUT2D eigenvalue weighted by atomic mass is 10.0. The molecule has 0 saturated heterocycles. The number of thiophene rings is 1. The lowest BCUT2D eigenvalue weighted by molar-refractivity contribution is 1.76. The third-order valence-corrected chi connectivity index (χ3v) is 4.31. The third-order valence-electron chi connectivity index (χ3n) is 3.14. The maximum absolute atomic E-state index is 3.92. The Labute approximate surface area is 111 Å². The fraction of sp³-hybridized carbons (Fsp3) is 0.0588. The van der Waals surface area contributed by atoms with Crippen molar-refractivity contribution < 1.29 is 0 Å². The van der Waals surface area contributed by atoms with Crippen molar-refractivity contribution >= 4 is 44.3 Å². The van der Waals surface area contributed by atoms with Crippen LogP contribution in [0.1, 0.15) is 17.4 Å². The highest BCUT2D eigenvalue weighted by Gasteiger charge is 2.08. The summed E-state index contributed by atoms with van der Waals surface area (Å²) in [6.07, 6.45) is 6.21. The van der Waals surface area contributed by atoms with Crippen LogP contribution in [-0.2, 0) is 0 Å². The van der Waals surface area contributed by atoms with Crippen molar-refractivity contribution in [1.29, 1.82) is 0 Å². The second-order valence-electron chi connectivity index (χ2n) is 4.28. The minimum absolute atomic E-state index is 1.25. The molecule has 88 valence electrons. The zero-order valence-electron chi connectivity index (χ0n) is 10.3. The van der Waals surface area contributed by atoms with Gasteiger partial charge in [0.2, 0.25) is 0 Å². The molecular weight excluding hydrogens is 236 g/mol. The SMILES string of the molecule is C=Cc1sc2cc3ccccc3cc2c1/C=C\C. The van der Waals surface area contributed by atoms with E-state index in [1.54, 1.807) is 0 Å². The first-order valence-electron chi connectivity index (χ1n) is 6.04. The quantitative estimate of drug-likeness (QED) is 0.544. The first kappa shape index (κ1) is 11.2. The van der Waals surface area contributed by atoms with Gasteiger partial charge in [0.25, 0.3) is 0 Å². The molecule has 0 atom stereocenters. The van der Waals surface area contributed by atoms with Crippen LogP contribution < -0.4 is 0 Å². The molecule has 1 heteroatoms. The fourth-order valence-corrected chi connectivity index (χ4v) is 3.38. The van der Waals surface area contributed by atoms with Crippen LogP contribution in [0.4, 0.5) is 0 Å². The molecule has 0 fully saturated rings. The molecule has 0 N–H and O–H groups in total. The van der Waals surface area contributed by atoms with E-state index < -0.39 is 0 Å². The number of allylic oxidation sites excluding steroid dienone is 1. The van der Waals surface area contributed by atoms with E-state index in [9.17, 15) is 0 Å². The number of benzene rings is 2. The molecule has 0 unspecified atom stereocenters. The predicted octanol–water partition coefficient (Wildman–Crippen LogP) is 5.73. The van der Waals surface area contributed by atoms with E-state index >= 15 is 0 Å². The Balaban J connectivity index is 2.44. The Morgan fingerprint density at radius 1 is 1.11 bits per heavy atom. The van der Waals surface area contributed by atoms with E-state index in [0.29, 0.717) is 0 Å². The monoisotopic (exact) mass is 250 g/mol. The molecule has 3 aromatic rings. The Morgan fingerprint density at radius 2 is 1.83 bits per heavy atom. The zero-order valence-corrected chi connectivity index (χ0v) is 11.1. The average Bonchev–Trinajstić information content (AvgIpc) is 2.74. The molecule has 3 rings (SSSR count). The molecule has 0 aliphatic heterocycles. The average molecular weight is 250 g/mol. The van der Waals surface area contributed by atoms with E-state index in [1.807, 2.05) is 17.4 Å². The molecule has 1 aromatic heterocycles. The van der Waals surface area contributed by atoms with E-state index in [4.69, 9.17) is 0 Å². The van der Waals surface area contributed by atoms with Gasteiger partial charge in [0.05, 0.1) is 0 Å². The van der Waals surface area contributed by atoms with Gasteiger partial charge >= 0.3 is 0 Å². The summed E-state index contributed by atoms with van der Waals surface area (Å²) in [5.41, 5.74) is 1.29. The van der Waals surface area contributed by atoms with Crippen molar-refractivity contribution in [3.05, 3.63) is 59.5 Å². The van der Waals surface area contributed by atoms with Crippen LogP contribution in [0.15, 0.2) is 49.1 Å². The van der Waals surface area contributed by atoms with Gasteiger partial charge in [-0.3, -0.25) is 0 Å². The normalized spacial score (nSPS) is 11.6. The second kappa shape index (κ2) is 4.43. The molecule has 0 bridgehead atoms. The standard InChI is InChI=1S/C17H14S/c1-3-7-14-15-10-12-8-5-6-9-13(12)11-17(15)18-16(14)4-2/h3-11H,2H2,1H3/b7-3-. The van der Waals surface area contributed by atoms with E-state index in [1.165, 1.54) is 31.3 Å². The molecule has 2 aromatic carbocycles. The van der Waals surface area contributed by atoms with Gasteiger partial charge in [-0.15, -0.1) is 11.3 Å². The molecule has 0 nitrogen and oxygen atoms in total. The second-order valence-corrected chi connectivity index (χ2v) is 5.36. The van der Waals surface area contributed by atoms with E-state index in [0.717, 1.165) is 0 Å². The zero-order chi connectivity index (χ0) is 12.5. The van der Waals surface area contributed by atoms with Crippen LogP contribution in [0, 0.1) is 0 Å². The molecule has 0 spiro atoms. The van der Waals surface area contributed by atoms with Gasteiger partial charge in [0.1, 0.15) is 0 Å². The molecule has 0 amide bonds. The van der Waals surface area contributed by atoms with Crippen LogP contribution >= 0.6 is 11.3 Å². The van der Waals surface area contributed by atoms with Gasteiger partial charge in [0.15, 0.2) is 0 Å². The highest BCUT2D eigenvalue weighted by atomic mass is 32.1. The van der Waals surface area contributed by atoms with Crippen LogP contribution in [0.25, 0.3) is 33.0 Å². The third kappa shape index (κ3) is 1.68. The first-order chi connectivity index (χ1) is 8.83.